The molecule has 0 atom stereocenters. The number of hydrogen-bond donors (Lipinski definition) is 0. The molecular formula is C20H23NO4. The zero-order chi connectivity index (χ0) is 18.6. The lowest BCUT2D eigenvalue weighted by atomic mass is 10.1. The Balaban J connectivity index is 2.24. The zero-order valence-electron chi connectivity index (χ0n) is 15.3. The minimum absolute atomic E-state index is 0.144. The topological polar surface area (TPSA) is 55.8 Å². The highest BCUT2D eigenvalue weighted by Gasteiger charge is 2.15. The highest BCUT2D eigenvalue weighted by Crippen LogP contribution is 2.23. The first-order valence-electron chi connectivity index (χ1n) is 8.11. The molecule has 0 spiro atoms. The summed E-state index contributed by atoms with van der Waals surface area (Å²) in [6.45, 7) is 6.18. The average Bonchev–Trinajstić information content (AvgIpc) is 2.58. The van der Waals surface area contributed by atoms with Crippen molar-refractivity contribution >= 4 is 11.9 Å². The number of nitrogens with zero attached hydrogens (tertiary/aromatic N) is 1. The number of ether oxygens (including phenoxy) is 2. The standard InChI is InChI=1S/C20H23NO4/c1-6-24-17-10-9-16(11-14(17)3)20(23)25-18-12-15(8-7-13(18)2)19(22)21(4)5/h7-12H,6H2,1-5H3. The molecule has 0 fully saturated rings. The third-order valence-electron chi connectivity index (χ3n) is 3.75. The maximum atomic E-state index is 12.4. The van der Waals surface area contributed by atoms with E-state index in [1.54, 1.807) is 50.5 Å². The molecule has 0 aliphatic rings. The molecule has 2 rings (SSSR count). The summed E-state index contributed by atoms with van der Waals surface area (Å²) in [5.41, 5.74) is 2.56. The van der Waals surface area contributed by atoms with Gasteiger partial charge in [-0.2, -0.15) is 0 Å². The van der Waals surface area contributed by atoms with Crippen LogP contribution in [0.4, 0.5) is 0 Å². The van der Waals surface area contributed by atoms with Crippen LogP contribution >= 0.6 is 0 Å². The fourth-order valence-electron chi connectivity index (χ4n) is 2.35. The maximum absolute atomic E-state index is 12.4. The van der Waals surface area contributed by atoms with Gasteiger partial charge in [0, 0.05) is 19.7 Å². The Hall–Kier alpha value is -2.82. The summed E-state index contributed by atoms with van der Waals surface area (Å²) in [6.07, 6.45) is 0. The predicted molar refractivity (Wildman–Crippen MR) is 96.5 cm³/mol. The summed E-state index contributed by atoms with van der Waals surface area (Å²) in [5, 5.41) is 0. The van der Waals surface area contributed by atoms with Gasteiger partial charge < -0.3 is 14.4 Å². The summed E-state index contributed by atoms with van der Waals surface area (Å²) < 4.78 is 11.0. The number of benzene rings is 2. The van der Waals surface area contributed by atoms with E-state index in [0.717, 1.165) is 16.9 Å². The van der Waals surface area contributed by atoms with Gasteiger partial charge in [-0.15, -0.1) is 0 Å². The highest BCUT2D eigenvalue weighted by molar-refractivity contribution is 5.95. The number of carbonyl (C=O) groups is 2. The van der Waals surface area contributed by atoms with E-state index in [9.17, 15) is 9.59 Å². The lowest BCUT2D eigenvalue weighted by Gasteiger charge is -2.13. The fraction of sp³-hybridized carbons (Fsp3) is 0.300. The summed E-state index contributed by atoms with van der Waals surface area (Å²) >= 11 is 0. The van der Waals surface area contributed by atoms with Gasteiger partial charge in [-0.3, -0.25) is 4.79 Å². The number of aryl methyl sites for hydroxylation is 2. The summed E-state index contributed by atoms with van der Waals surface area (Å²) in [7, 11) is 3.35. The van der Waals surface area contributed by atoms with Crippen LogP contribution in [-0.2, 0) is 0 Å². The van der Waals surface area contributed by atoms with Gasteiger partial charge in [-0.25, -0.2) is 4.79 Å². The average molecular weight is 341 g/mol. The monoisotopic (exact) mass is 341 g/mol. The van der Waals surface area contributed by atoms with E-state index in [1.165, 1.54) is 4.90 Å². The van der Waals surface area contributed by atoms with E-state index in [4.69, 9.17) is 9.47 Å². The van der Waals surface area contributed by atoms with E-state index < -0.39 is 5.97 Å². The van der Waals surface area contributed by atoms with Crippen molar-refractivity contribution in [3.05, 3.63) is 58.7 Å². The Labute approximate surface area is 148 Å². The molecule has 0 aliphatic carbocycles. The van der Waals surface area contributed by atoms with E-state index in [2.05, 4.69) is 0 Å². The molecule has 0 saturated carbocycles. The lowest BCUT2D eigenvalue weighted by Crippen LogP contribution is -2.21. The van der Waals surface area contributed by atoms with Crippen molar-refractivity contribution in [2.24, 2.45) is 0 Å². The SMILES string of the molecule is CCOc1ccc(C(=O)Oc2cc(C(=O)N(C)C)ccc2C)cc1C. The van der Waals surface area contributed by atoms with E-state index in [-0.39, 0.29) is 5.91 Å². The summed E-state index contributed by atoms with van der Waals surface area (Å²) in [6, 6.07) is 10.2. The molecule has 0 unspecified atom stereocenters. The Morgan fingerprint density at radius 1 is 0.920 bits per heavy atom. The van der Waals surface area contributed by atoms with Gasteiger partial charge in [0.25, 0.3) is 5.91 Å². The van der Waals surface area contributed by atoms with Crippen LogP contribution in [0, 0.1) is 13.8 Å². The molecule has 25 heavy (non-hydrogen) atoms. The quantitative estimate of drug-likeness (QED) is 0.616. The second kappa shape index (κ2) is 7.83. The van der Waals surface area contributed by atoms with Crippen molar-refractivity contribution in [3.8, 4) is 11.5 Å². The normalized spacial score (nSPS) is 10.3. The Morgan fingerprint density at radius 2 is 1.60 bits per heavy atom. The lowest BCUT2D eigenvalue weighted by molar-refractivity contribution is 0.0730. The largest absolute Gasteiger partial charge is 0.494 e. The summed E-state index contributed by atoms with van der Waals surface area (Å²) in [4.78, 5) is 26.0. The van der Waals surface area contributed by atoms with Gasteiger partial charge in [-0.05, 0) is 62.2 Å². The van der Waals surface area contributed by atoms with Crippen molar-refractivity contribution < 1.29 is 19.1 Å². The molecule has 0 saturated heterocycles. The van der Waals surface area contributed by atoms with Crippen molar-refractivity contribution in [2.75, 3.05) is 20.7 Å². The van der Waals surface area contributed by atoms with Gasteiger partial charge in [-0.1, -0.05) is 6.07 Å². The van der Waals surface area contributed by atoms with Crippen molar-refractivity contribution in [3.63, 3.8) is 0 Å². The molecule has 0 radical (unpaired) electrons. The third kappa shape index (κ3) is 4.38. The maximum Gasteiger partial charge on any atom is 0.343 e. The Kier molecular flexibility index (Phi) is 5.80. The molecule has 2 aromatic carbocycles. The van der Waals surface area contributed by atoms with Crippen LogP contribution in [0.1, 0.15) is 38.8 Å². The molecule has 0 N–H and O–H groups in total. The zero-order valence-corrected chi connectivity index (χ0v) is 15.3. The van der Waals surface area contributed by atoms with Crippen LogP contribution in [0.5, 0.6) is 11.5 Å². The van der Waals surface area contributed by atoms with Crippen LogP contribution in [0.15, 0.2) is 36.4 Å². The number of rotatable bonds is 5. The fourth-order valence-corrected chi connectivity index (χ4v) is 2.35. The van der Waals surface area contributed by atoms with Gasteiger partial charge >= 0.3 is 5.97 Å². The minimum atomic E-state index is -0.469. The van der Waals surface area contributed by atoms with Crippen molar-refractivity contribution in [1.82, 2.24) is 4.90 Å². The molecule has 0 bridgehead atoms. The third-order valence-corrected chi connectivity index (χ3v) is 3.75. The Bertz CT molecular complexity index is 796. The molecular weight excluding hydrogens is 318 g/mol. The van der Waals surface area contributed by atoms with Gasteiger partial charge in [0.15, 0.2) is 0 Å². The van der Waals surface area contributed by atoms with Crippen molar-refractivity contribution in [1.29, 1.82) is 0 Å². The predicted octanol–water partition coefficient (Wildman–Crippen LogP) is 3.62. The molecule has 0 aliphatic heterocycles. The number of amides is 1. The van der Waals surface area contributed by atoms with Gasteiger partial charge in [0.2, 0.25) is 0 Å². The first kappa shape index (κ1) is 18.5. The van der Waals surface area contributed by atoms with E-state index in [0.29, 0.717) is 23.5 Å². The molecule has 5 heteroatoms. The number of esters is 1. The van der Waals surface area contributed by atoms with Crippen LogP contribution in [0.2, 0.25) is 0 Å². The van der Waals surface area contributed by atoms with Crippen LogP contribution < -0.4 is 9.47 Å². The van der Waals surface area contributed by atoms with E-state index >= 15 is 0 Å². The number of carbonyl (C=O) groups excluding carboxylic acids is 2. The smallest absolute Gasteiger partial charge is 0.343 e. The Morgan fingerprint density at radius 3 is 2.20 bits per heavy atom. The molecule has 132 valence electrons. The molecule has 2 aromatic rings. The van der Waals surface area contributed by atoms with Crippen LogP contribution in [-0.4, -0.2) is 37.5 Å². The number of hydrogen-bond acceptors (Lipinski definition) is 4. The van der Waals surface area contributed by atoms with Crippen molar-refractivity contribution in [2.45, 2.75) is 20.8 Å². The van der Waals surface area contributed by atoms with Crippen LogP contribution in [0.25, 0.3) is 0 Å². The first-order chi connectivity index (χ1) is 11.8. The molecule has 5 nitrogen and oxygen atoms in total. The van der Waals surface area contributed by atoms with Gasteiger partial charge in [0.1, 0.15) is 11.5 Å². The molecule has 1 amide bonds. The second-order valence-electron chi connectivity index (χ2n) is 5.98. The summed E-state index contributed by atoms with van der Waals surface area (Å²) in [5.74, 6) is 0.510. The van der Waals surface area contributed by atoms with E-state index in [1.807, 2.05) is 20.8 Å². The first-order valence-corrected chi connectivity index (χ1v) is 8.11. The van der Waals surface area contributed by atoms with Crippen LogP contribution in [0.3, 0.4) is 0 Å². The van der Waals surface area contributed by atoms with Gasteiger partial charge in [0.05, 0.1) is 12.2 Å². The molecule has 0 heterocycles. The second-order valence-corrected chi connectivity index (χ2v) is 5.98. The highest BCUT2D eigenvalue weighted by atomic mass is 16.5. The molecule has 0 aromatic heterocycles. The minimum Gasteiger partial charge on any atom is -0.494 e.